The van der Waals surface area contributed by atoms with Crippen molar-refractivity contribution in [3.8, 4) is 22.3 Å². The fourth-order valence-electron chi connectivity index (χ4n) is 4.43. The van der Waals surface area contributed by atoms with Crippen LogP contribution in [-0.2, 0) is 4.79 Å². The van der Waals surface area contributed by atoms with Crippen molar-refractivity contribution in [1.82, 2.24) is 24.9 Å². The van der Waals surface area contributed by atoms with Crippen LogP contribution in [0.4, 0.5) is 15.9 Å². The maximum atomic E-state index is 13.9. The van der Waals surface area contributed by atoms with Gasteiger partial charge in [-0.05, 0) is 29.8 Å². The number of carbonyl (C=O) groups excluding carboxylic acids is 1. The van der Waals surface area contributed by atoms with E-state index in [1.165, 1.54) is 12.1 Å². The molecular weight excluding hydrogens is 481 g/mol. The number of H-pyrrole nitrogens is 1. The number of aromatic nitrogens is 5. The minimum atomic E-state index is -0.314. The Morgan fingerprint density at radius 3 is 2.66 bits per heavy atom. The Labute approximate surface area is 218 Å². The van der Waals surface area contributed by atoms with Gasteiger partial charge in [0.2, 0.25) is 5.91 Å². The summed E-state index contributed by atoms with van der Waals surface area (Å²) >= 11 is 0. The topological polar surface area (TPSA) is 108 Å². The van der Waals surface area contributed by atoms with Crippen LogP contribution < -0.4 is 10.6 Å². The van der Waals surface area contributed by atoms with Crippen LogP contribution in [-0.4, -0.2) is 37.4 Å². The van der Waals surface area contributed by atoms with Crippen LogP contribution in [0, 0.1) is 11.7 Å². The number of carbonyl (C=O) groups is 1. The summed E-state index contributed by atoms with van der Waals surface area (Å²) in [6, 6.07) is 10.3. The summed E-state index contributed by atoms with van der Waals surface area (Å²) in [6.07, 6.45) is 10.6. The molecule has 0 saturated carbocycles. The van der Waals surface area contributed by atoms with Gasteiger partial charge in [-0.15, -0.1) is 0 Å². The van der Waals surface area contributed by atoms with Gasteiger partial charge in [0, 0.05) is 58.9 Å². The molecule has 4 aromatic heterocycles. The average Bonchev–Trinajstić information content (AvgIpc) is 3.37. The molecule has 1 aromatic carbocycles. The molecule has 6 rings (SSSR count). The lowest BCUT2D eigenvalue weighted by atomic mass is 9.99. The van der Waals surface area contributed by atoms with Crippen LogP contribution >= 0.6 is 0 Å². The first-order valence-electron chi connectivity index (χ1n) is 12.3. The number of fused-ring (bicyclic) bond motifs is 2. The first kappa shape index (κ1) is 23.5. The van der Waals surface area contributed by atoms with Gasteiger partial charge < -0.3 is 15.6 Å². The molecule has 1 aliphatic heterocycles. The third-order valence-electron chi connectivity index (χ3n) is 6.40. The number of amides is 1. The molecule has 3 N–H and O–H groups in total. The van der Waals surface area contributed by atoms with Crippen LogP contribution in [0.15, 0.2) is 73.5 Å². The van der Waals surface area contributed by atoms with Crippen molar-refractivity contribution in [3.05, 3.63) is 90.7 Å². The number of nitrogens with zero attached hydrogens (tertiary/aromatic N) is 4. The van der Waals surface area contributed by atoms with Gasteiger partial charge in [0.25, 0.3) is 0 Å². The first-order valence-corrected chi connectivity index (χ1v) is 12.3. The van der Waals surface area contributed by atoms with Gasteiger partial charge in [-0.1, -0.05) is 32.1 Å². The molecule has 0 bridgehead atoms. The molecule has 188 valence electrons. The average molecular weight is 506 g/mol. The van der Waals surface area contributed by atoms with Gasteiger partial charge in [0.15, 0.2) is 0 Å². The highest BCUT2D eigenvalue weighted by Gasteiger charge is 2.21. The lowest BCUT2D eigenvalue weighted by Gasteiger charge is -2.18. The Morgan fingerprint density at radius 1 is 0.974 bits per heavy atom. The van der Waals surface area contributed by atoms with Crippen LogP contribution in [0.2, 0.25) is 0 Å². The van der Waals surface area contributed by atoms with Gasteiger partial charge in [-0.25, -0.2) is 14.4 Å². The van der Waals surface area contributed by atoms with E-state index in [9.17, 15) is 9.18 Å². The molecule has 1 amide bonds. The lowest BCUT2D eigenvalue weighted by Crippen LogP contribution is -2.17. The molecule has 0 saturated heterocycles. The lowest BCUT2D eigenvalue weighted by molar-refractivity contribution is -0.118. The van der Waals surface area contributed by atoms with Crippen molar-refractivity contribution >= 4 is 34.0 Å². The molecule has 0 aliphatic carbocycles. The number of benzene rings is 1. The number of aromatic amines is 1. The molecule has 0 atom stereocenters. The summed E-state index contributed by atoms with van der Waals surface area (Å²) in [5, 5.41) is 6.21. The highest BCUT2D eigenvalue weighted by molar-refractivity contribution is 5.95. The predicted octanol–water partition coefficient (Wildman–Crippen LogP) is 5.67. The van der Waals surface area contributed by atoms with E-state index in [1.807, 2.05) is 32.0 Å². The zero-order valence-electron chi connectivity index (χ0n) is 20.8. The fraction of sp³-hybridized carbons (Fsp3) is 0.138. The Kier molecular flexibility index (Phi) is 5.88. The quantitative estimate of drug-likeness (QED) is 0.284. The van der Waals surface area contributed by atoms with Crippen LogP contribution in [0.1, 0.15) is 25.2 Å². The predicted molar refractivity (Wildman–Crippen MR) is 146 cm³/mol. The maximum absolute atomic E-state index is 13.9. The number of hydrogen-bond donors (Lipinski definition) is 3. The Morgan fingerprint density at radius 2 is 1.82 bits per heavy atom. The molecule has 0 fully saturated rings. The van der Waals surface area contributed by atoms with Gasteiger partial charge in [0.1, 0.15) is 17.5 Å². The monoisotopic (exact) mass is 505 g/mol. The molecule has 5 aromatic rings. The molecule has 0 radical (unpaired) electrons. The van der Waals surface area contributed by atoms with Crippen molar-refractivity contribution < 1.29 is 9.18 Å². The fourth-order valence-corrected chi connectivity index (χ4v) is 4.43. The summed E-state index contributed by atoms with van der Waals surface area (Å²) in [5.74, 6) is 0.893. The van der Waals surface area contributed by atoms with E-state index in [0.717, 1.165) is 39.2 Å². The second-order valence-electron chi connectivity index (χ2n) is 9.40. The zero-order valence-corrected chi connectivity index (χ0v) is 20.8. The van der Waals surface area contributed by atoms with E-state index in [4.69, 9.17) is 4.98 Å². The van der Waals surface area contributed by atoms with Crippen LogP contribution in [0.5, 0.6) is 0 Å². The number of pyridine rings is 3. The molecule has 1 aliphatic rings. The molecule has 9 heteroatoms. The van der Waals surface area contributed by atoms with Gasteiger partial charge in [-0.3, -0.25) is 14.8 Å². The first-order chi connectivity index (χ1) is 18.5. The van der Waals surface area contributed by atoms with E-state index in [1.54, 1.807) is 37.1 Å². The Bertz CT molecular complexity index is 1720. The van der Waals surface area contributed by atoms with E-state index >= 15 is 0 Å². The summed E-state index contributed by atoms with van der Waals surface area (Å²) in [4.78, 5) is 33.7. The second-order valence-corrected chi connectivity index (χ2v) is 9.40. The normalized spacial score (nSPS) is 12.7. The Hall–Kier alpha value is -4.92. The Balaban J connectivity index is 1.39. The van der Waals surface area contributed by atoms with E-state index in [2.05, 4.69) is 36.6 Å². The third-order valence-corrected chi connectivity index (χ3v) is 6.40. The summed E-state index contributed by atoms with van der Waals surface area (Å²) in [5.41, 5.74) is 7.00. The van der Waals surface area contributed by atoms with E-state index in [0.29, 0.717) is 29.1 Å². The minimum Gasteiger partial charge on any atom is -0.366 e. The van der Waals surface area contributed by atoms with Crippen molar-refractivity contribution in [2.24, 2.45) is 5.92 Å². The van der Waals surface area contributed by atoms with Crippen LogP contribution in [0.25, 0.3) is 38.9 Å². The molecule has 0 spiro atoms. The number of anilines is 2. The van der Waals surface area contributed by atoms with Crippen molar-refractivity contribution in [1.29, 1.82) is 0 Å². The van der Waals surface area contributed by atoms with Gasteiger partial charge in [0.05, 0.1) is 29.1 Å². The highest BCUT2D eigenvalue weighted by Crippen LogP contribution is 2.35. The molecule has 38 heavy (non-hydrogen) atoms. The number of nitrogens with one attached hydrogen (secondary N) is 3. The van der Waals surface area contributed by atoms with Crippen molar-refractivity contribution in [2.45, 2.75) is 13.8 Å². The highest BCUT2D eigenvalue weighted by atomic mass is 19.1. The largest absolute Gasteiger partial charge is 0.366 e. The number of rotatable bonds is 5. The zero-order chi connectivity index (χ0) is 26.2. The van der Waals surface area contributed by atoms with Crippen LogP contribution in [0.3, 0.4) is 0 Å². The molecule has 8 nitrogen and oxygen atoms in total. The van der Waals surface area contributed by atoms with Gasteiger partial charge >= 0.3 is 0 Å². The SMILES string of the molecule is CC(C)C(=O)Nc1cncc(-c2cnc3c(c2)C(c2nc4c(-c5cccc(F)c5)cncc4[nH]2)=CCN3)c1. The molecular formula is C29H24FN7O. The minimum absolute atomic E-state index is 0.0704. The summed E-state index contributed by atoms with van der Waals surface area (Å²) < 4.78 is 13.9. The second kappa shape index (κ2) is 9.51. The molecule has 0 unspecified atom stereocenters. The van der Waals surface area contributed by atoms with Crippen molar-refractivity contribution in [3.63, 3.8) is 0 Å². The number of imidazole rings is 1. The van der Waals surface area contributed by atoms with Gasteiger partial charge in [-0.2, -0.15) is 0 Å². The van der Waals surface area contributed by atoms with E-state index < -0.39 is 0 Å². The third kappa shape index (κ3) is 4.39. The smallest absolute Gasteiger partial charge is 0.226 e. The van der Waals surface area contributed by atoms with Crippen molar-refractivity contribution in [2.75, 3.05) is 17.2 Å². The molecule has 5 heterocycles. The van der Waals surface area contributed by atoms with E-state index in [-0.39, 0.29) is 17.6 Å². The summed E-state index contributed by atoms with van der Waals surface area (Å²) in [6.45, 7) is 4.28. The number of halogens is 1. The standard InChI is InChI=1S/C29H24FN7O/c1-16(2)29(38)35-21-9-18(11-31-13-21)19-10-23-22(6-7-33-27(23)34-12-19)28-36-25-15-32-14-24(26(25)37-28)17-4-3-5-20(30)8-17/h3-6,8-16H,7H2,1-2H3,(H,33,34)(H,35,38)(H,36,37). The summed E-state index contributed by atoms with van der Waals surface area (Å²) in [7, 11) is 0. The number of hydrogen-bond acceptors (Lipinski definition) is 6. The maximum Gasteiger partial charge on any atom is 0.226 e.